The molecule has 2 nitrogen and oxygen atoms in total. The van der Waals surface area contributed by atoms with Crippen molar-refractivity contribution in [3.63, 3.8) is 0 Å². The summed E-state index contributed by atoms with van der Waals surface area (Å²) in [6, 6.07) is 0. The Hall–Kier alpha value is -0.340. The van der Waals surface area contributed by atoms with Crippen LogP contribution in [0.1, 0.15) is 19.8 Å². The van der Waals surface area contributed by atoms with E-state index in [0.29, 0.717) is 12.5 Å². The van der Waals surface area contributed by atoms with Crippen LogP contribution >= 0.6 is 0 Å². The third-order valence-electron chi connectivity index (χ3n) is 1.87. The van der Waals surface area contributed by atoms with Crippen LogP contribution in [0.2, 0.25) is 0 Å². The smallest absolute Gasteiger partial charge is 0.189 e. The van der Waals surface area contributed by atoms with E-state index in [2.05, 4.69) is 13.5 Å². The Morgan fingerprint density at radius 2 is 2.50 bits per heavy atom. The maximum atomic E-state index is 9.22. The highest BCUT2D eigenvalue weighted by molar-refractivity contribution is 4.83. The molecule has 0 bridgehead atoms. The highest BCUT2D eigenvalue weighted by Crippen LogP contribution is 2.29. The summed E-state index contributed by atoms with van der Waals surface area (Å²) < 4.78 is 4.81. The molecule has 0 saturated carbocycles. The predicted molar refractivity (Wildman–Crippen MR) is 39.5 cm³/mol. The number of ether oxygens (including phenoxy) is 1. The van der Waals surface area contributed by atoms with Gasteiger partial charge in [0.15, 0.2) is 5.79 Å². The van der Waals surface area contributed by atoms with Gasteiger partial charge >= 0.3 is 0 Å². The molecule has 1 rings (SSSR count). The molecule has 0 amide bonds. The zero-order valence-electron chi connectivity index (χ0n) is 6.34. The van der Waals surface area contributed by atoms with Crippen molar-refractivity contribution in [2.75, 3.05) is 6.61 Å². The molecule has 1 saturated heterocycles. The molecular formula is C8H14O2. The van der Waals surface area contributed by atoms with Gasteiger partial charge in [-0.1, -0.05) is 13.0 Å². The van der Waals surface area contributed by atoms with Gasteiger partial charge in [-0.2, -0.15) is 0 Å². The van der Waals surface area contributed by atoms with Crippen molar-refractivity contribution in [2.24, 2.45) is 5.92 Å². The Balaban J connectivity index is 2.10. The number of rotatable bonds is 4. The zero-order valence-corrected chi connectivity index (χ0v) is 6.34. The molecule has 0 aromatic carbocycles. The second-order valence-electron chi connectivity index (χ2n) is 2.99. The van der Waals surface area contributed by atoms with Gasteiger partial charge < -0.3 is 9.84 Å². The predicted octanol–water partition coefficient (Wildman–Crippen LogP) is 1.31. The van der Waals surface area contributed by atoms with Crippen LogP contribution in [-0.4, -0.2) is 17.5 Å². The van der Waals surface area contributed by atoms with Gasteiger partial charge in [-0.25, -0.2) is 0 Å². The maximum Gasteiger partial charge on any atom is 0.189 e. The van der Waals surface area contributed by atoms with Crippen LogP contribution in [0.25, 0.3) is 0 Å². The molecule has 0 spiro atoms. The second kappa shape index (κ2) is 2.72. The summed E-state index contributed by atoms with van der Waals surface area (Å²) in [5, 5.41) is 9.22. The Morgan fingerprint density at radius 1 is 1.90 bits per heavy atom. The van der Waals surface area contributed by atoms with Crippen molar-refractivity contribution < 1.29 is 9.84 Å². The Labute approximate surface area is 61.5 Å². The summed E-state index contributed by atoms with van der Waals surface area (Å²) >= 11 is 0. The van der Waals surface area contributed by atoms with Crippen LogP contribution in [0.3, 0.4) is 0 Å². The third-order valence-corrected chi connectivity index (χ3v) is 1.87. The van der Waals surface area contributed by atoms with Crippen molar-refractivity contribution in [3.05, 3.63) is 12.7 Å². The quantitative estimate of drug-likeness (QED) is 0.474. The fourth-order valence-corrected chi connectivity index (χ4v) is 0.799. The number of allylic oxidation sites excluding steroid dienone is 1. The van der Waals surface area contributed by atoms with Crippen molar-refractivity contribution in [2.45, 2.75) is 25.6 Å². The largest absolute Gasteiger partial charge is 0.364 e. The van der Waals surface area contributed by atoms with Gasteiger partial charge in [-0.3, -0.25) is 0 Å². The van der Waals surface area contributed by atoms with E-state index in [1.165, 1.54) is 0 Å². The summed E-state index contributed by atoms with van der Waals surface area (Å²) in [5.74, 6) is -0.287. The van der Waals surface area contributed by atoms with Gasteiger partial charge in [0.05, 0.1) is 0 Å². The number of hydrogen-bond acceptors (Lipinski definition) is 2. The SMILES string of the molecule is C=CC(C)CCC1(O)CO1. The lowest BCUT2D eigenvalue weighted by molar-refractivity contribution is 0.0250. The highest BCUT2D eigenvalue weighted by atomic mass is 16.7. The fourth-order valence-electron chi connectivity index (χ4n) is 0.799. The fraction of sp³-hybridized carbons (Fsp3) is 0.750. The minimum absolute atomic E-state index is 0.480. The van der Waals surface area contributed by atoms with E-state index in [9.17, 15) is 5.11 Å². The van der Waals surface area contributed by atoms with Gasteiger partial charge in [0.2, 0.25) is 0 Å². The van der Waals surface area contributed by atoms with Crippen LogP contribution in [0.15, 0.2) is 12.7 Å². The van der Waals surface area contributed by atoms with Crippen molar-refractivity contribution in [3.8, 4) is 0 Å². The Kier molecular flexibility index (Phi) is 2.11. The summed E-state index contributed by atoms with van der Waals surface area (Å²) in [6.45, 7) is 6.25. The number of hydrogen-bond donors (Lipinski definition) is 1. The Morgan fingerprint density at radius 3 is 2.90 bits per heavy atom. The molecule has 0 radical (unpaired) electrons. The molecule has 1 fully saturated rings. The summed E-state index contributed by atoms with van der Waals surface area (Å²) in [7, 11) is 0. The van der Waals surface area contributed by atoms with E-state index in [1.807, 2.05) is 6.08 Å². The molecule has 2 unspecified atom stereocenters. The number of epoxide rings is 1. The van der Waals surface area contributed by atoms with E-state index in [0.717, 1.165) is 12.8 Å². The van der Waals surface area contributed by atoms with Crippen molar-refractivity contribution in [1.82, 2.24) is 0 Å². The van der Waals surface area contributed by atoms with Gasteiger partial charge in [0, 0.05) is 6.42 Å². The lowest BCUT2D eigenvalue weighted by Gasteiger charge is -2.06. The van der Waals surface area contributed by atoms with Crippen molar-refractivity contribution in [1.29, 1.82) is 0 Å². The average Bonchev–Trinajstić information content (AvgIpc) is 2.64. The first-order valence-electron chi connectivity index (χ1n) is 3.65. The maximum absolute atomic E-state index is 9.22. The van der Waals surface area contributed by atoms with Crippen LogP contribution in [0.4, 0.5) is 0 Å². The summed E-state index contributed by atoms with van der Waals surface area (Å²) in [4.78, 5) is 0. The highest BCUT2D eigenvalue weighted by Gasteiger charge is 2.41. The van der Waals surface area contributed by atoms with Gasteiger partial charge in [0.25, 0.3) is 0 Å². The minimum atomic E-state index is -0.767. The van der Waals surface area contributed by atoms with E-state index < -0.39 is 5.79 Å². The molecule has 58 valence electrons. The van der Waals surface area contributed by atoms with E-state index >= 15 is 0 Å². The zero-order chi connectivity index (χ0) is 7.61. The molecule has 2 heteroatoms. The Bertz CT molecular complexity index is 127. The first-order chi connectivity index (χ1) is 4.66. The molecule has 10 heavy (non-hydrogen) atoms. The van der Waals surface area contributed by atoms with Crippen LogP contribution < -0.4 is 0 Å². The van der Waals surface area contributed by atoms with E-state index in [4.69, 9.17) is 4.74 Å². The van der Waals surface area contributed by atoms with Gasteiger partial charge in [-0.05, 0) is 12.3 Å². The summed E-state index contributed by atoms with van der Waals surface area (Å²) in [5.41, 5.74) is 0. The van der Waals surface area contributed by atoms with E-state index in [1.54, 1.807) is 0 Å². The van der Waals surface area contributed by atoms with Gasteiger partial charge in [-0.15, -0.1) is 6.58 Å². The molecule has 1 aliphatic heterocycles. The third kappa shape index (κ3) is 2.12. The van der Waals surface area contributed by atoms with Gasteiger partial charge in [0.1, 0.15) is 6.61 Å². The monoisotopic (exact) mass is 142 g/mol. The normalized spacial score (nSPS) is 33.4. The lowest BCUT2D eigenvalue weighted by atomic mass is 10.0. The molecular weight excluding hydrogens is 128 g/mol. The number of aliphatic hydroxyl groups is 1. The standard InChI is InChI=1S/C8H14O2/c1-3-7(2)4-5-8(9)6-10-8/h3,7,9H,1,4-6H2,2H3. The first-order valence-corrected chi connectivity index (χ1v) is 3.65. The molecule has 1 heterocycles. The topological polar surface area (TPSA) is 32.8 Å². The molecule has 1 aliphatic rings. The van der Waals surface area contributed by atoms with E-state index in [-0.39, 0.29) is 0 Å². The second-order valence-corrected chi connectivity index (χ2v) is 2.99. The first kappa shape index (κ1) is 7.76. The molecule has 0 aromatic rings. The summed E-state index contributed by atoms with van der Waals surface area (Å²) in [6.07, 6.45) is 3.59. The molecule has 0 aliphatic carbocycles. The average molecular weight is 142 g/mol. The lowest BCUT2D eigenvalue weighted by Crippen LogP contribution is -2.09. The molecule has 0 aromatic heterocycles. The van der Waals surface area contributed by atoms with Crippen LogP contribution in [0, 0.1) is 5.92 Å². The van der Waals surface area contributed by atoms with Crippen molar-refractivity contribution >= 4 is 0 Å². The molecule has 1 N–H and O–H groups in total. The van der Waals surface area contributed by atoms with Crippen LogP contribution in [-0.2, 0) is 4.74 Å². The minimum Gasteiger partial charge on any atom is -0.364 e. The van der Waals surface area contributed by atoms with Crippen LogP contribution in [0.5, 0.6) is 0 Å². The molecule has 2 atom stereocenters.